The van der Waals surface area contributed by atoms with Gasteiger partial charge in [0.1, 0.15) is 17.2 Å². The van der Waals surface area contributed by atoms with Gasteiger partial charge in [0.2, 0.25) is 11.8 Å². The van der Waals surface area contributed by atoms with Gasteiger partial charge in [-0.1, -0.05) is 6.07 Å². The van der Waals surface area contributed by atoms with E-state index in [4.69, 9.17) is 14.2 Å². The molecule has 2 aromatic rings. The van der Waals surface area contributed by atoms with Crippen molar-refractivity contribution in [2.24, 2.45) is 5.92 Å². The van der Waals surface area contributed by atoms with Crippen LogP contribution in [0.3, 0.4) is 0 Å². The molecule has 0 aromatic heterocycles. The number of nitrogens with zero attached hydrogens (tertiary/aromatic N) is 3. The van der Waals surface area contributed by atoms with Crippen molar-refractivity contribution < 1.29 is 23.8 Å². The van der Waals surface area contributed by atoms with Crippen molar-refractivity contribution in [3.8, 4) is 17.2 Å². The van der Waals surface area contributed by atoms with E-state index in [1.165, 1.54) is 0 Å². The molecule has 4 rings (SSSR count). The maximum absolute atomic E-state index is 13.2. The fourth-order valence-corrected chi connectivity index (χ4v) is 4.88. The molecule has 0 radical (unpaired) electrons. The number of nitrogens with one attached hydrogen (secondary N) is 1. The molecule has 1 N–H and O–H groups in total. The molecule has 2 aliphatic heterocycles. The molecule has 0 atom stereocenters. The summed E-state index contributed by atoms with van der Waals surface area (Å²) in [6.07, 6.45) is 1.54. The van der Waals surface area contributed by atoms with Crippen LogP contribution in [0.15, 0.2) is 42.5 Å². The second-order valence-corrected chi connectivity index (χ2v) is 9.18. The highest BCUT2D eigenvalue weighted by Crippen LogP contribution is 2.29. The monoisotopic (exact) mass is 496 g/mol. The summed E-state index contributed by atoms with van der Waals surface area (Å²) in [6, 6.07) is 13.3. The molecule has 2 aromatic carbocycles. The quantitative estimate of drug-likeness (QED) is 0.602. The molecule has 194 valence electrons. The minimum Gasteiger partial charge on any atom is -0.497 e. The molecule has 9 heteroatoms. The second-order valence-electron chi connectivity index (χ2n) is 9.18. The van der Waals surface area contributed by atoms with Crippen molar-refractivity contribution in [3.05, 3.63) is 42.5 Å². The van der Waals surface area contributed by atoms with Gasteiger partial charge in [0.15, 0.2) is 0 Å². The SMILES string of the molecule is COc1cccc(N2CCN(C(=O)C3CCN(CC(=O)Nc4ccc(OC)cc4OC)CC3)CC2)c1. The van der Waals surface area contributed by atoms with E-state index in [9.17, 15) is 9.59 Å². The Kier molecular flexibility index (Phi) is 8.53. The molecule has 0 aliphatic carbocycles. The smallest absolute Gasteiger partial charge is 0.238 e. The number of carbonyl (C=O) groups is 2. The van der Waals surface area contributed by atoms with Crippen LogP contribution in [0.25, 0.3) is 0 Å². The predicted molar refractivity (Wildman–Crippen MR) is 139 cm³/mol. The first-order chi connectivity index (χ1) is 17.5. The molecule has 0 saturated carbocycles. The molecule has 0 unspecified atom stereocenters. The summed E-state index contributed by atoms with van der Waals surface area (Å²) in [6.45, 7) is 4.82. The number of rotatable bonds is 8. The summed E-state index contributed by atoms with van der Waals surface area (Å²) in [5, 5.41) is 2.92. The van der Waals surface area contributed by atoms with E-state index in [0.717, 1.165) is 63.5 Å². The Labute approximate surface area is 212 Å². The minimum absolute atomic E-state index is 0.0226. The number of benzene rings is 2. The number of hydrogen-bond acceptors (Lipinski definition) is 7. The van der Waals surface area contributed by atoms with Gasteiger partial charge in [-0.3, -0.25) is 14.5 Å². The van der Waals surface area contributed by atoms with Gasteiger partial charge in [0.25, 0.3) is 0 Å². The number of anilines is 2. The van der Waals surface area contributed by atoms with Gasteiger partial charge >= 0.3 is 0 Å². The first kappa shape index (κ1) is 25.6. The van der Waals surface area contributed by atoms with E-state index in [1.807, 2.05) is 23.1 Å². The Morgan fingerprint density at radius 3 is 2.22 bits per heavy atom. The first-order valence-electron chi connectivity index (χ1n) is 12.4. The van der Waals surface area contributed by atoms with Crippen molar-refractivity contribution in [2.45, 2.75) is 12.8 Å². The van der Waals surface area contributed by atoms with Crippen molar-refractivity contribution >= 4 is 23.2 Å². The highest BCUT2D eigenvalue weighted by atomic mass is 16.5. The molecule has 2 heterocycles. The number of amides is 2. The zero-order valence-electron chi connectivity index (χ0n) is 21.4. The van der Waals surface area contributed by atoms with Crippen molar-refractivity contribution in [1.82, 2.24) is 9.80 Å². The first-order valence-corrected chi connectivity index (χ1v) is 12.4. The molecule has 2 amide bonds. The average molecular weight is 497 g/mol. The standard InChI is InChI=1S/C27H36N4O5/c1-34-22-6-4-5-21(17-22)30-13-15-31(16-14-30)27(33)20-9-11-29(12-10-20)19-26(32)28-24-8-7-23(35-2)18-25(24)36-3/h4-8,17-18,20H,9-16,19H2,1-3H3,(H,28,32). The van der Waals surface area contributed by atoms with E-state index >= 15 is 0 Å². The lowest BCUT2D eigenvalue weighted by atomic mass is 9.95. The van der Waals surface area contributed by atoms with Gasteiger partial charge in [0.05, 0.1) is 33.6 Å². The second kappa shape index (κ2) is 12.0. The summed E-state index contributed by atoms with van der Waals surface area (Å²) in [5.41, 5.74) is 1.74. The van der Waals surface area contributed by atoms with E-state index in [-0.39, 0.29) is 24.3 Å². The maximum atomic E-state index is 13.2. The highest BCUT2D eigenvalue weighted by molar-refractivity contribution is 5.93. The van der Waals surface area contributed by atoms with Gasteiger partial charge in [-0.25, -0.2) is 0 Å². The molecular weight excluding hydrogens is 460 g/mol. The number of piperidine rings is 1. The largest absolute Gasteiger partial charge is 0.497 e. The van der Waals surface area contributed by atoms with Crippen LogP contribution in [0.4, 0.5) is 11.4 Å². The molecule has 36 heavy (non-hydrogen) atoms. The molecule has 0 bridgehead atoms. The fourth-order valence-electron chi connectivity index (χ4n) is 4.88. The predicted octanol–water partition coefficient (Wildman–Crippen LogP) is 2.71. The van der Waals surface area contributed by atoms with Crippen LogP contribution in [0.5, 0.6) is 17.2 Å². The summed E-state index contributed by atoms with van der Waals surface area (Å²) in [4.78, 5) is 32.2. The maximum Gasteiger partial charge on any atom is 0.238 e. The third-order valence-electron chi connectivity index (χ3n) is 7.00. The normalized spacial score (nSPS) is 17.0. The third kappa shape index (κ3) is 6.20. The van der Waals surface area contributed by atoms with Crippen LogP contribution in [0, 0.1) is 5.92 Å². The zero-order valence-corrected chi connectivity index (χ0v) is 21.4. The molecule has 9 nitrogen and oxygen atoms in total. The number of hydrogen-bond donors (Lipinski definition) is 1. The Morgan fingerprint density at radius 2 is 1.56 bits per heavy atom. The van der Waals surface area contributed by atoms with Gasteiger partial charge in [-0.15, -0.1) is 0 Å². The molecule has 2 aliphatic rings. The van der Waals surface area contributed by atoms with Crippen LogP contribution in [-0.2, 0) is 9.59 Å². The molecule has 2 fully saturated rings. The zero-order chi connectivity index (χ0) is 25.5. The molecule has 0 spiro atoms. The number of ether oxygens (including phenoxy) is 3. The van der Waals surface area contributed by atoms with E-state index in [0.29, 0.717) is 17.2 Å². The van der Waals surface area contributed by atoms with Crippen molar-refractivity contribution in [2.75, 3.05) is 77.4 Å². The van der Waals surface area contributed by atoms with E-state index in [1.54, 1.807) is 39.5 Å². The van der Waals surface area contributed by atoms with Crippen LogP contribution >= 0.6 is 0 Å². The van der Waals surface area contributed by atoms with Gasteiger partial charge in [-0.2, -0.15) is 0 Å². The fraction of sp³-hybridized carbons (Fsp3) is 0.481. The van der Waals surface area contributed by atoms with Crippen LogP contribution in [-0.4, -0.2) is 88.8 Å². The average Bonchev–Trinajstić information content (AvgIpc) is 2.93. The molecular formula is C27H36N4O5. The lowest BCUT2D eigenvalue weighted by Crippen LogP contribution is -2.52. The van der Waals surface area contributed by atoms with Gasteiger partial charge in [0, 0.05) is 49.9 Å². The number of likely N-dealkylation sites (tertiary alicyclic amines) is 1. The van der Waals surface area contributed by atoms with E-state index < -0.39 is 0 Å². The Morgan fingerprint density at radius 1 is 0.861 bits per heavy atom. The number of carbonyl (C=O) groups excluding carboxylic acids is 2. The summed E-state index contributed by atoms with van der Waals surface area (Å²) >= 11 is 0. The van der Waals surface area contributed by atoms with Gasteiger partial charge in [-0.05, 0) is 50.2 Å². The highest BCUT2D eigenvalue weighted by Gasteiger charge is 2.31. The lowest BCUT2D eigenvalue weighted by Gasteiger charge is -2.39. The van der Waals surface area contributed by atoms with Crippen LogP contribution in [0.1, 0.15) is 12.8 Å². The summed E-state index contributed by atoms with van der Waals surface area (Å²) in [5.74, 6) is 2.23. The topological polar surface area (TPSA) is 83.6 Å². The number of methoxy groups -OCH3 is 3. The number of piperazine rings is 1. The summed E-state index contributed by atoms with van der Waals surface area (Å²) in [7, 11) is 4.82. The minimum atomic E-state index is -0.100. The van der Waals surface area contributed by atoms with Crippen molar-refractivity contribution in [1.29, 1.82) is 0 Å². The third-order valence-corrected chi connectivity index (χ3v) is 7.00. The van der Waals surface area contributed by atoms with Crippen molar-refractivity contribution in [3.63, 3.8) is 0 Å². The Balaban J connectivity index is 1.21. The van der Waals surface area contributed by atoms with Gasteiger partial charge < -0.3 is 29.3 Å². The molecule has 2 saturated heterocycles. The Hall–Kier alpha value is -3.46. The summed E-state index contributed by atoms with van der Waals surface area (Å²) < 4.78 is 15.9. The van der Waals surface area contributed by atoms with E-state index in [2.05, 4.69) is 21.2 Å². The van der Waals surface area contributed by atoms with Crippen LogP contribution < -0.4 is 24.4 Å². The van der Waals surface area contributed by atoms with Crippen LogP contribution in [0.2, 0.25) is 0 Å². The Bertz CT molecular complexity index is 1050. The lowest BCUT2D eigenvalue weighted by molar-refractivity contribution is -0.137.